The average molecular weight is 683 g/mol. The Morgan fingerprint density at radius 1 is 0.760 bits per heavy atom. The molecule has 0 spiro atoms. The summed E-state index contributed by atoms with van der Waals surface area (Å²) in [6.07, 6.45) is 1.13. The van der Waals surface area contributed by atoms with E-state index in [2.05, 4.69) is 0 Å². The summed E-state index contributed by atoms with van der Waals surface area (Å²) in [5.74, 6) is -0.819. The van der Waals surface area contributed by atoms with Crippen LogP contribution in [-0.4, -0.2) is 59.9 Å². The van der Waals surface area contributed by atoms with E-state index in [0.717, 1.165) is 67.3 Å². The molecule has 1 aliphatic heterocycles. The molecule has 0 bridgehead atoms. The molecular formula is C41H41F3N2O4. The van der Waals surface area contributed by atoms with Crippen LogP contribution in [0.5, 0.6) is 0 Å². The van der Waals surface area contributed by atoms with Crippen molar-refractivity contribution in [1.82, 2.24) is 9.80 Å². The van der Waals surface area contributed by atoms with Crippen LogP contribution in [0.15, 0.2) is 103 Å². The van der Waals surface area contributed by atoms with Crippen LogP contribution in [0.25, 0.3) is 22.3 Å². The van der Waals surface area contributed by atoms with Gasteiger partial charge in [0, 0.05) is 37.0 Å². The molecule has 6 nitrogen and oxygen atoms in total. The number of alkyl halides is 3. The Hall–Kier alpha value is -4.92. The number of amides is 2. The molecule has 260 valence electrons. The molecule has 2 amide bonds. The first-order valence-electron chi connectivity index (χ1n) is 17.2. The number of methoxy groups -OCH3 is 1. The first kappa shape index (κ1) is 34.9. The molecule has 2 fully saturated rings. The number of esters is 1. The first-order chi connectivity index (χ1) is 24.1. The van der Waals surface area contributed by atoms with Gasteiger partial charge < -0.3 is 14.5 Å². The molecule has 2 aliphatic rings. The van der Waals surface area contributed by atoms with Crippen LogP contribution in [-0.2, 0) is 26.9 Å². The fourth-order valence-electron chi connectivity index (χ4n) is 7.27. The molecule has 0 radical (unpaired) electrons. The molecule has 6 rings (SSSR count). The molecule has 9 heteroatoms. The smallest absolute Gasteiger partial charge is 0.416 e. The number of carbonyl (C=O) groups excluding carboxylic acids is 3. The largest absolute Gasteiger partial charge is 0.467 e. The minimum absolute atomic E-state index is 0.00275. The minimum atomic E-state index is -4.44. The van der Waals surface area contributed by atoms with Crippen LogP contribution < -0.4 is 0 Å². The summed E-state index contributed by atoms with van der Waals surface area (Å²) in [7, 11) is 1.31. The molecule has 1 saturated carbocycles. The summed E-state index contributed by atoms with van der Waals surface area (Å²) < 4.78 is 44.6. The van der Waals surface area contributed by atoms with Crippen LogP contribution in [0.4, 0.5) is 13.2 Å². The summed E-state index contributed by atoms with van der Waals surface area (Å²) in [5.41, 5.74) is 3.74. The number of nitrogens with zero attached hydrogens (tertiary/aromatic N) is 2. The number of likely N-dealkylation sites (tertiary alicyclic amines) is 1. The summed E-state index contributed by atoms with van der Waals surface area (Å²) in [5, 5.41) is 0. The molecule has 0 N–H and O–H groups in total. The first-order valence-corrected chi connectivity index (χ1v) is 17.2. The van der Waals surface area contributed by atoms with E-state index in [1.54, 1.807) is 29.2 Å². The molecule has 1 saturated heterocycles. The summed E-state index contributed by atoms with van der Waals surface area (Å²) in [6.45, 7) is 0.785. The highest BCUT2D eigenvalue weighted by atomic mass is 19.4. The van der Waals surface area contributed by atoms with E-state index >= 15 is 0 Å². The standard InChI is InChI=1S/C41H41F3N2O4/c1-50-40(49)37(26-28-13-15-30(16-14-28)29-8-3-2-4-9-29)46(27-36-12-7-25-45(36)38(47)33-10-5-6-11-33)39(48)34-19-17-31(18-20-34)32-21-23-35(24-22-32)41(42,43)44/h2-4,8-9,13-24,33,36-37H,5-7,10-12,25-27H2,1H3. The number of benzene rings is 4. The maximum Gasteiger partial charge on any atom is 0.416 e. The molecule has 2 atom stereocenters. The highest BCUT2D eigenvalue weighted by Gasteiger charge is 2.39. The number of halogens is 3. The van der Waals surface area contributed by atoms with Crippen LogP contribution in [0.1, 0.15) is 60.0 Å². The van der Waals surface area contributed by atoms with Gasteiger partial charge >= 0.3 is 12.1 Å². The van der Waals surface area contributed by atoms with Crippen molar-refractivity contribution >= 4 is 17.8 Å². The van der Waals surface area contributed by atoms with Gasteiger partial charge in [-0.15, -0.1) is 0 Å². The van der Waals surface area contributed by atoms with Crippen LogP contribution in [0.3, 0.4) is 0 Å². The predicted molar refractivity (Wildman–Crippen MR) is 186 cm³/mol. The summed E-state index contributed by atoms with van der Waals surface area (Å²) >= 11 is 0. The lowest BCUT2D eigenvalue weighted by atomic mass is 9.98. The lowest BCUT2D eigenvalue weighted by molar-refractivity contribution is -0.146. The van der Waals surface area contributed by atoms with Crippen molar-refractivity contribution < 1.29 is 32.3 Å². The lowest BCUT2D eigenvalue weighted by Crippen LogP contribution is -2.53. The van der Waals surface area contributed by atoms with E-state index in [1.165, 1.54) is 19.2 Å². The van der Waals surface area contributed by atoms with Gasteiger partial charge in [0.05, 0.1) is 12.7 Å². The zero-order chi connectivity index (χ0) is 35.3. The second-order valence-corrected chi connectivity index (χ2v) is 13.2. The van der Waals surface area contributed by atoms with Gasteiger partial charge in [0.25, 0.3) is 5.91 Å². The van der Waals surface area contributed by atoms with E-state index in [1.807, 2.05) is 59.5 Å². The van der Waals surface area contributed by atoms with Crippen molar-refractivity contribution in [2.75, 3.05) is 20.2 Å². The monoisotopic (exact) mass is 682 g/mol. The van der Waals surface area contributed by atoms with E-state index in [-0.39, 0.29) is 36.7 Å². The highest BCUT2D eigenvalue weighted by molar-refractivity contribution is 5.97. The lowest BCUT2D eigenvalue weighted by Gasteiger charge is -2.36. The fraction of sp³-hybridized carbons (Fsp3) is 0.341. The van der Waals surface area contributed by atoms with E-state index in [0.29, 0.717) is 23.2 Å². The SMILES string of the molecule is COC(=O)C(Cc1ccc(-c2ccccc2)cc1)N(CC1CCCN1C(=O)C1CCCC1)C(=O)c1ccc(-c2ccc(C(F)(F)F)cc2)cc1. The van der Waals surface area contributed by atoms with Crippen LogP contribution in [0, 0.1) is 5.92 Å². The number of rotatable bonds is 10. The third-order valence-corrected chi connectivity index (χ3v) is 10.0. The van der Waals surface area contributed by atoms with E-state index in [9.17, 15) is 27.6 Å². The van der Waals surface area contributed by atoms with Gasteiger partial charge in [0.2, 0.25) is 5.91 Å². The Balaban J connectivity index is 1.29. The molecule has 1 heterocycles. The molecule has 4 aromatic rings. The number of hydrogen-bond donors (Lipinski definition) is 0. The summed E-state index contributed by atoms with van der Waals surface area (Å²) in [6, 6.07) is 28.1. The maximum absolute atomic E-state index is 14.4. The fourth-order valence-corrected chi connectivity index (χ4v) is 7.27. The minimum Gasteiger partial charge on any atom is -0.467 e. The van der Waals surface area contributed by atoms with E-state index in [4.69, 9.17) is 4.74 Å². The number of hydrogen-bond acceptors (Lipinski definition) is 4. The van der Waals surface area contributed by atoms with Crippen LogP contribution in [0.2, 0.25) is 0 Å². The van der Waals surface area contributed by atoms with Crippen molar-refractivity contribution in [3.05, 3.63) is 120 Å². The Morgan fingerprint density at radius 2 is 1.32 bits per heavy atom. The zero-order valence-corrected chi connectivity index (χ0v) is 28.1. The predicted octanol–water partition coefficient (Wildman–Crippen LogP) is 8.45. The molecule has 1 aliphatic carbocycles. The van der Waals surface area contributed by atoms with Crippen LogP contribution >= 0.6 is 0 Å². The van der Waals surface area contributed by atoms with Crippen molar-refractivity contribution in [3.8, 4) is 22.3 Å². The number of ether oxygens (including phenoxy) is 1. The molecule has 2 unspecified atom stereocenters. The number of carbonyl (C=O) groups is 3. The Kier molecular flexibility index (Phi) is 10.7. The maximum atomic E-state index is 14.4. The van der Waals surface area contributed by atoms with Crippen molar-refractivity contribution in [2.24, 2.45) is 5.92 Å². The van der Waals surface area contributed by atoms with Crippen molar-refractivity contribution in [2.45, 2.75) is 63.2 Å². The third-order valence-electron chi connectivity index (χ3n) is 10.0. The summed E-state index contributed by atoms with van der Waals surface area (Å²) in [4.78, 5) is 45.0. The van der Waals surface area contributed by atoms with Gasteiger partial charge in [-0.2, -0.15) is 13.2 Å². The van der Waals surface area contributed by atoms with Gasteiger partial charge in [0.15, 0.2) is 0 Å². The third kappa shape index (κ3) is 7.93. The quantitative estimate of drug-likeness (QED) is 0.158. The average Bonchev–Trinajstić information content (AvgIpc) is 3.86. The van der Waals surface area contributed by atoms with Gasteiger partial charge in [0.1, 0.15) is 6.04 Å². The van der Waals surface area contributed by atoms with Gasteiger partial charge in [-0.3, -0.25) is 9.59 Å². The second kappa shape index (κ2) is 15.3. The van der Waals surface area contributed by atoms with Crippen molar-refractivity contribution in [1.29, 1.82) is 0 Å². The van der Waals surface area contributed by atoms with Crippen molar-refractivity contribution in [3.63, 3.8) is 0 Å². The molecular weight excluding hydrogens is 641 g/mol. The Labute approximate surface area is 290 Å². The Morgan fingerprint density at radius 3 is 1.90 bits per heavy atom. The Bertz CT molecular complexity index is 1770. The zero-order valence-electron chi connectivity index (χ0n) is 28.1. The van der Waals surface area contributed by atoms with Gasteiger partial charge in [-0.1, -0.05) is 91.7 Å². The highest BCUT2D eigenvalue weighted by Crippen LogP contribution is 2.33. The van der Waals surface area contributed by atoms with Gasteiger partial charge in [-0.25, -0.2) is 4.79 Å². The molecule has 4 aromatic carbocycles. The van der Waals surface area contributed by atoms with E-state index < -0.39 is 23.8 Å². The normalized spacial score (nSPS) is 17.0. The topological polar surface area (TPSA) is 66.9 Å². The molecule has 50 heavy (non-hydrogen) atoms. The second-order valence-electron chi connectivity index (χ2n) is 13.2. The molecule has 0 aromatic heterocycles. The van der Waals surface area contributed by atoms with Gasteiger partial charge in [-0.05, 0) is 77.8 Å².